The molecule has 0 aromatic carbocycles. The predicted octanol–water partition coefficient (Wildman–Crippen LogP) is 10.5. The molecule has 7 unspecified atom stereocenters. The lowest BCUT2D eigenvalue weighted by Gasteiger charge is -2.66. The van der Waals surface area contributed by atoms with Crippen LogP contribution in [-0.4, -0.2) is 5.54 Å². The summed E-state index contributed by atoms with van der Waals surface area (Å²) in [6.45, 7) is 18.9. The average Bonchev–Trinajstić information content (AvgIpc) is 3.05. The zero-order valence-electron chi connectivity index (χ0n) is 23.3. The second kappa shape index (κ2) is 13.0. The Kier molecular flexibility index (Phi) is 11.9. The van der Waals surface area contributed by atoms with Crippen molar-refractivity contribution in [3.8, 4) is 0 Å². The second-order valence-electron chi connectivity index (χ2n) is 11.9. The predicted molar refractivity (Wildman–Crippen MR) is 151 cm³/mol. The number of nitrogens with two attached hydrogens (primary N) is 1. The number of allylic oxidation sites excluding steroid dienone is 4. The average molecular weight is 494 g/mol. The molecule has 4 aliphatic carbocycles. The van der Waals surface area contributed by atoms with Crippen molar-refractivity contribution in [1.82, 2.24) is 0 Å². The Morgan fingerprint density at radius 3 is 2.31 bits per heavy atom. The van der Waals surface area contributed by atoms with Gasteiger partial charge in [-0.1, -0.05) is 72.1 Å². The van der Waals surface area contributed by atoms with Crippen LogP contribution in [0.2, 0.25) is 0 Å². The first-order valence-electron chi connectivity index (χ1n) is 14.1. The summed E-state index contributed by atoms with van der Waals surface area (Å²) >= 11 is 0. The number of fused-ring (bicyclic) bond motifs is 5. The summed E-state index contributed by atoms with van der Waals surface area (Å²) in [6.07, 6.45) is 14.1. The molecule has 3 heteroatoms. The Morgan fingerprint density at radius 2 is 1.71 bits per heavy atom. The Morgan fingerprint density at radius 1 is 1.09 bits per heavy atom. The third-order valence-electron chi connectivity index (χ3n) is 10.3. The third kappa shape index (κ3) is 5.81. The minimum atomic E-state index is -1.55. The molecule has 0 aliphatic heterocycles. The maximum absolute atomic E-state index is 12.5. The molecular formula is C32H57F2N. The van der Waals surface area contributed by atoms with Crippen molar-refractivity contribution in [1.29, 1.82) is 0 Å². The van der Waals surface area contributed by atoms with Gasteiger partial charge in [-0.3, -0.25) is 0 Å². The van der Waals surface area contributed by atoms with E-state index in [4.69, 9.17) is 5.73 Å². The molecule has 0 aromatic heterocycles. The van der Waals surface area contributed by atoms with Gasteiger partial charge in [-0.2, -0.15) is 8.78 Å². The lowest BCUT2D eigenvalue weighted by molar-refractivity contribution is -0.132. The number of hydrogen-bond acceptors (Lipinski definition) is 1. The van der Waals surface area contributed by atoms with E-state index in [9.17, 15) is 8.78 Å². The highest BCUT2D eigenvalue weighted by Gasteiger charge is 2.66. The molecule has 4 aliphatic rings. The van der Waals surface area contributed by atoms with Crippen LogP contribution in [0.1, 0.15) is 127 Å². The summed E-state index contributed by atoms with van der Waals surface area (Å²) in [5, 5.41) is 0. The van der Waals surface area contributed by atoms with Crippen molar-refractivity contribution in [2.75, 3.05) is 0 Å². The van der Waals surface area contributed by atoms with E-state index in [2.05, 4.69) is 34.3 Å². The van der Waals surface area contributed by atoms with E-state index in [-0.39, 0.29) is 18.4 Å². The molecule has 2 N–H and O–H groups in total. The Hall–Kier alpha value is -0.960. The van der Waals surface area contributed by atoms with Crippen molar-refractivity contribution in [2.24, 2.45) is 40.2 Å². The fourth-order valence-electron chi connectivity index (χ4n) is 9.01. The quantitative estimate of drug-likeness (QED) is 0.389. The van der Waals surface area contributed by atoms with E-state index in [1.165, 1.54) is 56.9 Å². The number of halogens is 2. The molecule has 0 aromatic rings. The minimum Gasteiger partial charge on any atom is -0.324 e. The van der Waals surface area contributed by atoms with Gasteiger partial charge >= 0.3 is 0 Å². The Labute approximate surface area is 217 Å². The van der Waals surface area contributed by atoms with Gasteiger partial charge in [-0.25, -0.2) is 0 Å². The smallest absolute Gasteiger partial charge is 0.266 e. The van der Waals surface area contributed by atoms with Crippen LogP contribution in [0.3, 0.4) is 0 Å². The molecule has 0 amide bonds. The first-order chi connectivity index (χ1) is 16.0. The van der Waals surface area contributed by atoms with Crippen LogP contribution in [0.4, 0.5) is 8.78 Å². The van der Waals surface area contributed by atoms with E-state index in [1.807, 2.05) is 20.8 Å². The lowest BCUT2D eigenvalue weighted by Crippen LogP contribution is -2.70. The van der Waals surface area contributed by atoms with E-state index >= 15 is 0 Å². The van der Waals surface area contributed by atoms with Crippen molar-refractivity contribution in [3.63, 3.8) is 0 Å². The van der Waals surface area contributed by atoms with Crippen molar-refractivity contribution in [3.05, 3.63) is 36.0 Å². The molecule has 0 spiro atoms. The van der Waals surface area contributed by atoms with Crippen LogP contribution >= 0.6 is 0 Å². The van der Waals surface area contributed by atoms with Gasteiger partial charge in [0.15, 0.2) is 0 Å². The van der Waals surface area contributed by atoms with Gasteiger partial charge in [0.05, 0.1) is 0 Å². The molecule has 4 rings (SSSR count). The summed E-state index contributed by atoms with van der Waals surface area (Å²) in [6, 6.07) is 0. The van der Waals surface area contributed by atoms with Gasteiger partial charge < -0.3 is 5.73 Å². The van der Waals surface area contributed by atoms with Gasteiger partial charge in [0.25, 0.3) is 6.08 Å². The first-order valence-corrected chi connectivity index (χ1v) is 14.1. The van der Waals surface area contributed by atoms with Crippen molar-refractivity contribution in [2.45, 2.75) is 132 Å². The van der Waals surface area contributed by atoms with Gasteiger partial charge in [-0.15, -0.1) is 6.58 Å². The molecule has 0 saturated heterocycles. The Balaban J connectivity index is 0.000000950. The first kappa shape index (κ1) is 32.1. The fourth-order valence-corrected chi connectivity index (χ4v) is 9.01. The SMILES string of the molecule is C.C/C(CCC=C(F)F)=C1\C(C)CC2(C)C1CCC1(N)C2CCC2CCCCC21C.C=CC.CC. The second-order valence-corrected chi connectivity index (χ2v) is 11.9. The van der Waals surface area contributed by atoms with Gasteiger partial charge in [0.1, 0.15) is 0 Å². The van der Waals surface area contributed by atoms with Crippen LogP contribution in [0, 0.1) is 34.5 Å². The number of rotatable bonds is 3. The molecule has 0 heterocycles. The van der Waals surface area contributed by atoms with Gasteiger partial charge in [0, 0.05) is 5.54 Å². The zero-order chi connectivity index (χ0) is 25.7. The molecular weight excluding hydrogens is 436 g/mol. The monoisotopic (exact) mass is 493 g/mol. The summed E-state index contributed by atoms with van der Waals surface area (Å²) in [4.78, 5) is 0. The van der Waals surface area contributed by atoms with Crippen LogP contribution in [0.5, 0.6) is 0 Å². The van der Waals surface area contributed by atoms with Gasteiger partial charge in [-0.05, 0) is 112 Å². The molecule has 0 bridgehead atoms. The number of hydrogen-bond donors (Lipinski definition) is 1. The fraction of sp³-hybridized carbons (Fsp3) is 0.812. The zero-order valence-corrected chi connectivity index (χ0v) is 23.3. The van der Waals surface area contributed by atoms with E-state index in [0.717, 1.165) is 24.8 Å². The normalized spacial score (nSPS) is 40.6. The summed E-state index contributed by atoms with van der Waals surface area (Å²) in [5.41, 5.74) is 11.0. The molecule has 204 valence electrons. The molecule has 35 heavy (non-hydrogen) atoms. The topological polar surface area (TPSA) is 26.0 Å². The molecule has 7 atom stereocenters. The van der Waals surface area contributed by atoms with Crippen LogP contribution in [-0.2, 0) is 0 Å². The molecule has 4 saturated carbocycles. The summed E-state index contributed by atoms with van der Waals surface area (Å²) < 4.78 is 25.0. The third-order valence-corrected chi connectivity index (χ3v) is 10.3. The Bertz CT molecular complexity index is 751. The largest absolute Gasteiger partial charge is 0.324 e. The van der Waals surface area contributed by atoms with Crippen molar-refractivity contribution >= 4 is 0 Å². The summed E-state index contributed by atoms with van der Waals surface area (Å²) in [7, 11) is 0. The minimum absolute atomic E-state index is 0. The molecule has 4 fully saturated rings. The maximum atomic E-state index is 12.5. The molecule has 1 nitrogen and oxygen atoms in total. The standard InChI is InChI=1S/C26H41F2N.C3H6.C2H6.CH4/c1-17(8-7-10-22(27)28)23-18(2)16-24(3)20(23)13-15-26(29)21(24)12-11-19-9-5-6-14-25(19,26)4;1-3-2;1-2;/h10,18-21H,5-9,11-16,29H2,1-4H3;3H,1H2,2H3;1-2H3;1H4/b23-17-;;;. The molecule has 0 radical (unpaired) electrons. The van der Waals surface area contributed by atoms with Crippen LogP contribution in [0.25, 0.3) is 0 Å². The highest BCUT2D eigenvalue weighted by atomic mass is 19.3. The van der Waals surface area contributed by atoms with Crippen molar-refractivity contribution < 1.29 is 8.78 Å². The highest BCUT2D eigenvalue weighted by Crippen LogP contribution is 2.70. The summed E-state index contributed by atoms with van der Waals surface area (Å²) in [5.74, 6) is 2.57. The maximum Gasteiger partial charge on any atom is 0.266 e. The van der Waals surface area contributed by atoms with E-state index in [1.54, 1.807) is 11.6 Å². The van der Waals surface area contributed by atoms with E-state index < -0.39 is 6.08 Å². The van der Waals surface area contributed by atoms with E-state index in [0.29, 0.717) is 29.6 Å². The van der Waals surface area contributed by atoms with Crippen LogP contribution < -0.4 is 5.73 Å². The highest BCUT2D eigenvalue weighted by molar-refractivity contribution is 5.31. The lowest BCUT2D eigenvalue weighted by atomic mass is 9.40. The van der Waals surface area contributed by atoms with Crippen LogP contribution in [0.15, 0.2) is 36.0 Å². The van der Waals surface area contributed by atoms with Gasteiger partial charge in [0.2, 0.25) is 0 Å².